The summed E-state index contributed by atoms with van der Waals surface area (Å²) in [5.41, 5.74) is 9.15. The summed E-state index contributed by atoms with van der Waals surface area (Å²) >= 11 is 0. The molecule has 1 aromatic carbocycles. The zero-order chi connectivity index (χ0) is 21.7. The van der Waals surface area contributed by atoms with E-state index in [4.69, 9.17) is 0 Å². The van der Waals surface area contributed by atoms with Gasteiger partial charge in [0.2, 0.25) is 11.8 Å². The van der Waals surface area contributed by atoms with E-state index >= 15 is 0 Å². The van der Waals surface area contributed by atoms with Crippen LogP contribution in [0, 0.1) is 27.7 Å². The van der Waals surface area contributed by atoms with Crippen molar-refractivity contribution in [2.24, 2.45) is 5.10 Å². The van der Waals surface area contributed by atoms with Crippen LogP contribution in [0.2, 0.25) is 0 Å². The Kier molecular flexibility index (Phi) is 7.08. The SMILES string of the molecule is Cc1cccc(C)c1-n1c(C)cc(/C=N/NC(=O)CC(=O)NC2CCCCC2)c1C. The highest BCUT2D eigenvalue weighted by molar-refractivity contribution is 5.97. The Morgan fingerprint density at radius 1 is 1.07 bits per heavy atom. The number of amides is 2. The molecule has 160 valence electrons. The highest BCUT2D eigenvalue weighted by Crippen LogP contribution is 2.25. The Morgan fingerprint density at radius 3 is 2.40 bits per heavy atom. The lowest BCUT2D eigenvalue weighted by Crippen LogP contribution is -2.38. The number of carbonyl (C=O) groups is 2. The van der Waals surface area contributed by atoms with Crippen molar-refractivity contribution in [2.75, 3.05) is 0 Å². The van der Waals surface area contributed by atoms with Gasteiger partial charge in [-0.3, -0.25) is 9.59 Å². The maximum atomic E-state index is 12.1. The van der Waals surface area contributed by atoms with Crippen molar-refractivity contribution in [1.29, 1.82) is 0 Å². The number of nitrogens with zero attached hydrogens (tertiary/aromatic N) is 2. The van der Waals surface area contributed by atoms with Crippen molar-refractivity contribution in [3.05, 3.63) is 52.3 Å². The first-order chi connectivity index (χ1) is 14.4. The van der Waals surface area contributed by atoms with E-state index in [1.54, 1.807) is 6.21 Å². The molecule has 1 aliphatic carbocycles. The van der Waals surface area contributed by atoms with E-state index in [-0.39, 0.29) is 18.4 Å². The number of hydrogen-bond acceptors (Lipinski definition) is 3. The number of carbonyl (C=O) groups excluding carboxylic acids is 2. The minimum Gasteiger partial charge on any atom is -0.353 e. The smallest absolute Gasteiger partial charge is 0.249 e. The molecule has 0 atom stereocenters. The molecule has 2 amide bonds. The molecule has 2 aromatic rings. The third-order valence-corrected chi connectivity index (χ3v) is 5.82. The Morgan fingerprint density at radius 2 is 1.73 bits per heavy atom. The number of hydrogen-bond donors (Lipinski definition) is 2. The van der Waals surface area contributed by atoms with E-state index in [0.29, 0.717) is 0 Å². The molecular formula is C24H32N4O2. The molecular weight excluding hydrogens is 376 g/mol. The van der Waals surface area contributed by atoms with Gasteiger partial charge in [-0.05, 0) is 57.7 Å². The van der Waals surface area contributed by atoms with Crippen molar-refractivity contribution >= 4 is 18.0 Å². The van der Waals surface area contributed by atoms with Crippen LogP contribution in [0.5, 0.6) is 0 Å². The maximum absolute atomic E-state index is 12.1. The fourth-order valence-corrected chi connectivity index (χ4v) is 4.31. The molecule has 3 rings (SSSR count). The molecule has 1 fully saturated rings. The van der Waals surface area contributed by atoms with Gasteiger partial charge in [-0.1, -0.05) is 37.5 Å². The van der Waals surface area contributed by atoms with Gasteiger partial charge in [-0.15, -0.1) is 0 Å². The topological polar surface area (TPSA) is 75.5 Å². The van der Waals surface area contributed by atoms with Gasteiger partial charge in [0.1, 0.15) is 6.42 Å². The van der Waals surface area contributed by atoms with E-state index in [2.05, 4.69) is 59.4 Å². The minimum absolute atomic E-state index is 0.199. The first-order valence-corrected chi connectivity index (χ1v) is 10.7. The third-order valence-electron chi connectivity index (χ3n) is 5.82. The number of benzene rings is 1. The van der Waals surface area contributed by atoms with Crippen molar-refractivity contribution in [3.63, 3.8) is 0 Å². The van der Waals surface area contributed by atoms with Gasteiger partial charge < -0.3 is 9.88 Å². The van der Waals surface area contributed by atoms with E-state index in [1.807, 2.05) is 13.0 Å². The lowest BCUT2D eigenvalue weighted by molar-refractivity contribution is -0.129. The van der Waals surface area contributed by atoms with Crippen LogP contribution < -0.4 is 10.7 Å². The molecule has 30 heavy (non-hydrogen) atoms. The van der Waals surface area contributed by atoms with Gasteiger partial charge in [-0.25, -0.2) is 5.43 Å². The molecule has 6 heteroatoms. The summed E-state index contributed by atoms with van der Waals surface area (Å²) in [5.74, 6) is -0.633. The predicted octanol–water partition coefficient (Wildman–Crippen LogP) is 4.00. The van der Waals surface area contributed by atoms with E-state index in [0.717, 1.165) is 42.6 Å². The van der Waals surface area contributed by atoms with Crippen LogP contribution in [-0.2, 0) is 9.59 Å². The lowest BCUT2D eigenvalue weighted by atomic mass is 9.95. The van der Waals surface area contributed by atoms with Crippen LogP contribution in [0.1, 0.15) is 66.6 Å². The number of para-hydroxylation sites is 1. The van der Waals surface area contributed by atoms with Gasteiger partial charge in [0.05, 0.1) is 11.9 Å². The lowest BCUT2D eigenvalue weighted by Gasteiger charge is -2.22. The Hall–Kier alpha value is -2.89. The summed E-state index contributed by atoms with van der Waals surface area (Å²) in [6.45, 7) is 8.31. The second-order valence-corrected chi connectivity index (χ2v) is 8.27. The van der Waals surface area contributed by atoms with Gasteiger partial charge in [0.15, 0.2) is 0 Å². The first-order valence-electron chi connectivity index (χ1n) is 10.7. The van der Waals surface area contributed by atoms with Gasteiger partial charge in [0, 0.05) is 23.0 Å². The standard InChI is InChI=1S/C24H32N4O2/c1-16-9-8-10-17(2)24(16)28-18(3)13-20(19(28)4)15-25-27-23(30)14-22(29)26-21-11-6-5-7-12-21/h8-10,13,15,21H,5-7,11-12,14H2,1-4H3,(H,26,29)(H,27,30)/b25-15+. The number of hydrazone groups is 1. The second kappa shape index (κ2) is 9.74. The van der Waals surface area contributed by atoms with E-state index in [1.165, 1.54) is 23.2 Å². The quantitative estimate of drug-likeness (QED) is 0.431. The molecule has 2 N–H and O–H groups in total. The van der Waals surface area contributed by atoms with Gasteiger partial charge in [-0.2, -0.15) is 5.10 Å². The van der Waals surface area contributed by atoms with Crippen LogP contribution in [0.4, 0.5) is 0 Å². The van der Waals surface area contributed by atoms with Crippen LogP contribution in [-0.4, -0.2) is 28.6 Å². The molecule has 1 aliphatic rings. The minimum atomic E-state index is -0.400. The highest BCUT2D eigenvalue weighted by atomic mass is 16.2. The maximum Gasteiger partial charge on any atom is 0.249 e. The number of aryl methyl sites for hydroxylation is 3. The molecule has 6 nitrogen and oxygen atoms in total. The molecule has 1 saturated carbocycles. The predicted molar refractivity (Wildman–Crippen MR) is 120 cm³/mol. The summed E-state index contributed by atoms with van der Waals surface area (Å²) in [6, 6.07) is 8.52. The van der Waals surface area contributed by atoms with Gasteiger partial charge >= 0.3 is 0 Å². The Bertz CT molecular complexity index is 932. The highest BCUT2D eigenvalue weighted by Gasteiger charge is 2.17. The zero-order valence-corrected chi connectivity index (χ0v) is 18.4. The molecule has 0 saturated heterocycles. The normalized spacial score (nSPS) is 14.8. The Balaban J connectivity index is 1.61. The fourth-order valence-electron chi connectivity index (χ4n) is 4.31. The average Bonchev–Trinajstić information content (AvgIpc) is 2.96. The fraction of sp³-hybridized carbons (Fsp3) is 0.458. The van der Waals surface area contributed by atoms with Crippen LogP contribution >= 0.6 is 0 Å². The number of rotatable bonds is 6. The third kappa shape index (κ3) is 5.17. The Labute approximate surface area is 178 Å². The number of nitrogens with one attached hydrogen (secondary N) is 2. The summed E-state index contributed by atoms with van der Waals surface area (Å²) in [5, 5.41) is 7.03. The van der Waals surface area contributed by atoms with Crippen molar-refractivity contribution in [2.45, 2.75) is 72.3 Å². The number of aromatic nitrogens is 1. The van der Waals surface area contributed by atoms with Crippen molar-refractivity contribution in [1.82, 2.24) is 15.3 Å². The largest absolute Gasteiger partial charge is 0.353 e. The summed E-state index contributed by atoms with van der Waals surface area (Å²) in [7, 11) is 0. The van der Waals surface area contributed by atoms with E-state index in [9.17, 15) is 9.59 Å². The molecule has 0 spiro atoms. The monoisotopic (exact) mass is 408 g/mol. The van der Waals surface area contributed by atoms with Crippen molar-refractivity contribution in [3.8, 4) is 5.69 Å². The van der Waals surface area contributed by atoms with Gasteiger partial charge in [0.25, 0.3) is 0 Å². The molecule has 0 aliphatic heterocycles. The van der Waals surface area contributed by atoms with Crippen LogP contribution in [0.3, 0.4) is 0 Å². The second-order valence-electron chi connectivity index (χ2n) is 8.27. The molecule has 1 aromatic heterocycles. The first kappa shape index (κ1) is 21.8. The molecule has 0 radical (unpaired) electrons. The van der Waals surface area contributed by atoms with Crippen LogP contribution in [0.25, 0.3) is 5.69 Å². The zero-order valence-electron chi connectivity index (χ0n) is 18.4. The summed E-state index contributed by atoms with van der Waals surface area (Å²) in [6.07, 6.45) is 6.96. The van der Waals surface area contributed by atoms with E-state index < -0.39 is 5.91 Å². The summed E-state index contributed by atoms with van der Waals surface area (Å²) in [4.78, 5) is 24.1. The van der Waals surface area contributed by atoms with Crippen molar-refractivity contribution < 1.29 is 9.59 Å². The molecule has 0 bridgehead atoms. The summed E-state index contributed by atoms with van der Waals surface area (Å²) < 4.78 is 2.21. The molecule has 1 heterocycles. The molecule has 0 unspecified atom stereocenters. The average molecular weight is 409 g/mol. The van der Waals surface area contributed by atoms with Crippen LogP contribution in [0.15, 0.2) is 29.4 Å².